The molecular weight excluding hydrogens is 182 g/mol. The lowest BCUT2D eigenvalue weighted by Gasteiger charge is -2.08. The maximum atomic E-state index is 4.98. The Morgan fingerprint density at radius 1 is 1.64 bits per heavy atom. The van der Waals surface area contributed by atoms with Crippen molar-refractivity contribution >= 4 is 0 Å². The SMILES string of the molecule is CC(NCc1nn[nH]n1)c1ccoc1. The van der Waals surface area contributed by atoms with Crippen LogP contribution in [0.5, 0.6) is 0 Å². The number of H-pyrrole nitrogens is 1. The van der Waals surface area contributed by atoms with Gasteiger partial charge in [0.15, 0.2) is 5.82 Å². The van der Waals surface area contributed by atoms with Crippen LogP contribution in [0, 0.1) is 0 Å². The van der Waals surface area contributed by atoms with Crippen molar-refractivity contribution in [3.63, 3.8) is 0 Å². The van der Waals surface area contributed by atoms with E-state index in [-0.39, 0.29) is 6.04 Å². The number of hydrogen-bond donors (Lipinski definition) is 2. The van der Waals surface area contributed by atoms with E-state index in [1.54, 1.807) is 12.5 Å². The number of nitrogens with one attached hydrogen (secondary N) is 2. The van der Waals surface area contributed by atoms with Gasteiger partial charge in [-0.2, -0.15) is 5.21 Å². The zero-order valence-corrected chi connectivity index (χ0v) is 7.77. The quantitative estimate of drug-likeness (QED) is 0.745. The standard InChI is InChI=1S/C8H11N5O/c1-6(7-2-3-14-5-7)9-4-8-10-12-13-11-8/h2-3,5-6,9H,4H2,1H3,(H,10,11,12,13). The first-order valence-corrected chi connectivity index (χ1v) is 4.34. The van der Waals surface area contributed by atoms with Crippen LogP contribution in [0.3, 0.4) is 0 Å². The van der Waals surface area contributed by atoms with E-state index in [1.165, 1.54) is 0 Å². The third kappa shape index (κ3) is 1.97. The molecule has 2 heterocycles. The van der Waals surface area contributed by atoms with Crippen LogP contribution in [0.15, 0.2) is 23.0 Å². The molecule has 2 N–H and O–H groups in total. The second-order valence-electron chi connectivity index (χ2n) is 2.99. The molecule has 0 spiro atoms. The summed E-state index contributed by atoms with van der Waals surface area (Å²) in [6.07, 6.45) is 3.37. The van der Waals surface area contributed by atoms with Crippen LogP contribution in [0.2, 0.25) is 0 Å². The van der Waals surface area contributed by atoms with Crippen LogP contribution in [-0.4, -0.2) is 20.6 Å². The van der Waals surface area contributed by atoms with Gasteiger partial charge in [0.2, 0.25) is 0 Å². The van der Waals surface area contributed by atoms with E-state index in [2.05, 4.69) is 25.9 Å². The summed E-state index contributed by atoms with van der Waals surface area (Å²) >= 11 is 0. The summed E-state index contributed by atoms with van der Waals surface area (Å²) in [4.78, 5) is 0. The van der Waals surface area contributed by atoms with Crippen LogP contribution in [0.1, 0.15) is 24.4 Å². The average Bonchev–Trinajstić information content (AvgIpc) is 2.87. The van der Waals surface area contributed by atoms with E-state index >= 15 is 0 Å². The van der Waals surface area contributed by atoms with Crippen LogP contribution in [0.25, 0.3) is 0 Å². The summed E-state index contributed by atoms with van der Waals surface area (Å²) in [6.45, 7) is 2.63. The minimum Gasteiger partial charge on any atom is -0.472 e. The van der Waals surface area contributed by atoms with Crippen LogP contribution in [-0.2, 0) is 6.54 Å². The van der Waals surface area contributed by atoms with Crippen molar-refractivity contribution in [3.05, 3.63) is 30.0 Å². The van der Waals surface area contributed by atoms with Crippen molar-refractivity contribution in [1.29, 1.82) is 0 Å². The van der Waals surface area contributed by atoms with Crippen LogP contribution in [0.4, 0.5) is 0 Å². The fourth-order valence-corrected chi connectivity index (χ4v) is 1.14. The van der Waals surface area contributed by atoms with Gasteiger partial charge in [-0.25, -0.2) is 0 Å². The number of hydrogen-bond acceptors (Lipinski definition) is 5. The summed E-state index contributed by atoms with van der Waals surface area (Å²) in [5, 5.41) is 16.8. The Kier molecular flexibility index (Phi) is 2.55. The first-order chi connectivity index (χ1) is 6.86. The van der Waals surface area contributed by atoms with Crippen LogP contribution >= 0.6 is 0 Å². The maximum absolute atomic E-state index is 4.98. The Morgan fingerprint density at radius 2 is 2.57 bits per heavy atom. The molecule has 0 fully saturated rings. The Morgan fingerprint density at radius 3 is 3.21 bits per heavy atom. The number of aromatic nitrogens is 4. The Bertz CT molecular complexity index is 355. The van der Waals surface area contributed by atoms with Crippen molar-refractivity contribution in [2.75, 3.05) is 0 Å². The second kappa shape index (κ2) is 4.01. The summed E-state index contributed by atoms with van der Waals surface area (Å²) in [5.74, 6) is 0.653. The Hall–Kier alpha value is -1.69. The molecule has 0 aliphatic rings. The molecule has 0 amide bonds. The van der Waals surface area contributed by atoms with Crippen molar-refractivity contribution < 1.29 is 4.42 Å². The largest absolute Gasteiger partial charge is 0.472 e. The number of aromatic amines is 1. The third-order valence-electron chi connectivity index (χ3n) is 2.00. The molecule has 14 heavy (non-hydrogen) atoms. The highest BCUT2D eigenvalue weighted by molar-refractivity contribution is 5.10. The first kappa shape index (κ1) is 8.89. The molecule has 0 aliphatic heterocycles. The molecule has 0 aromatic carbocycles. The number of nitrogens with zero attached hydrogens (tertiary/aromatic N) is 3. The predicted octanol–water partition coefficient (Wildman–Crippen LogP) is 0.643. The van der Waals surface area contributed by atoms with Gasteiger partial charge < -0.3 is 9.73 Å². The minimum absolute atomic E-state index is 0.215. The summed E-state index contributed by atoms with van der Waals surface area (Å²) in [7, 11) is 0. The van der Waals surface area contributed by atoms with Crippen LogP contribution < -0.4 is 5.32 Å². The minimum atomic E-state index is 0.215. The van der Waals surface area contributed by atoms with Gasteiger partial charge >= 0.3 is 0 Å². The molecule has 0 radical (unpaired) electrons. The number of rotatable bonds is 4. The van der Waals surface area contributed by atoms with E-state index in [4.69, 9.17) is 4.42 Å². The van der Waals surface area contributed by atoms with E-state index in [1.807, 2.05) is 13.0 Å². The highest BCUT2D eigenvalue weighted by Crippen LogP contribution is 2.11. The fraction of sp³-hybridized carbons (Fsp3) is 0.375. The number of tetrazole rings is 1. The molecule has 1 atom stereocenters. The van der Waals surface area contributed by atoms with Gasteiger partial charge in [0.1, 0.15) is 0 Å². The highest BCUT2D eigenvalue weighted by atomic mass is 16.3. The maximum Gasteiger partial charge on any atom is 0.188 e. The summed E-state index contributed by atoms with van der Waals surface area (Å²) in [5.41, 5.74) is 1.11. The normalized spacial score (nSPS) is 12.9. The molecule has 6 nitrogen and oxygen atoms in total. The molecule has 1 unspecified atom stereocenters. The lowest BCUT2D eigenvalue weighted by molar-refractivity contribution is 0.532. The third-order valence-corrected chi connectivity index (χ3v) is 2.00. The van der Waals surface area contributed by atoms with Gasteiger partial charge in [-0.05, 0) is 13.0 Å². The molecule has 0 saturated heterocycles. The van der Waals surface area contributed by atoms with Gasteiger partial charge in [0.05, 0.1) is 19.1 Å². The topological polar surface area (TPSA) is 79.6 Å². The molecule has 74 valence electrons. The van der Waals surface area contributed by atoms with E-state index < -0.39 is 0 Å². The van der Waals surface area contributed by atoms with Crippen molar-refractivity contribution in [2.24, 2.45) is 0 Å². The van der Waals surface area contributed by atoms with Gasteiger partial charge in [-0.1, -0.05) is 5.21 Å². The predicted molar refractivity (Wildman–Crippen MR) is 48.1 cm³/mol. The second-order valence-corrected chi connectivity index (χ2v) is 2.99. The molecule has 0 saturated carbocycles. The molecule has 0 aliphatic carbocycles. The molecule has 0 bridgehead atoms. The zero-order valence-electron chi connectivity index (χ0n) is 7.77. The van der Waals surface area contributed by atoms with Crippen molar-refractivity contribution in [3.8, 4) is 0 Å². The molecule has 2 rings (SSSR count). The monoisotopic (exact) mass is 193 g/mol. The average molecular weight is 193 g/mol. The van der Waals surface area contributed by atoms with Gasteiger partial charge in [0.25, 0.3) is 0 Å². The van der Waals surface area contributed by atoms with E-state index in [9.17, 15) is 0 Å². The lowest BCUT2D eigenvalue weighted by Crippen LogP contribution is -2.18. The highest BCUT2D eigenvalue weighted by Gasteiger charge is 2.06. The van der Waals surface area contributed by atoms with Gasteiger partial charge in [0, 0.05) is 11.6 Å². The Balaban J connectivity index is 1.87. The Labute approximate surface area is 80.7 Å². The molecule has 2 aromatic heterocycles. The molecule has 6 heteroatoms. The molecule has 2 aromatic rings. The number of furan rings is 1. The van der Waals surface area contributed by atoms with E-state index in [0.717, 1.165) is 5.56 Å². The zero-order chi connectivity index (χ0) is 9.80. The first-order valence-electron chi connectivity index (χ1n) is 4.34. The lowest BCUT2D eigenvalue weighted by atomic mass is 10.2. The van der Waals surface area contributed by atoms with Gasteiger partial charge in [-0.3, -0.25) is 0 Å². The smallest absolute Gasteiger partial charge is 0.188 e. The van der Waals surface area contributed by atoms with E-state index in [0.29, 0.717) is 12.4 Å². The summed E-state index contributed by atoms with van der Waals surface area (Å²) in [6, 6.07) is 2.14. The fourth-order valence-electron chi connectivity index (χ4n) is 1.14. The molecular formula is C8H11N5O. The van der Waals surface area contributed by atoms with Gasteiger partial charge in [-0.15, -0.1) is 10.2 Å². The van der Waals surface area contributed by atoms with Crippen molar-refractivity contribution in [2.45, 2.75) is 19.5 Å². The summed E-state index contributed by atoms with van der Waals surface area (Å²) < 4.78 is 4.98. The van der Waals surface area contributed by atoms with Crippen molar-refractivity contribution in [1.82, 2.24) is 25.9 Å².